The second-order valence-corrected chi connectivity index (χ2v) is 13.0. The van der Waals surface area contributed by atoms with Gasteiger partial charge in [0.25, 0.3) is 0 Å². The van der Waals surface area contributed by atoms with Gasteiger partial charge in [-0.3, -0.25) is 0 Å². The maximum atomic E-state index is 13.5. The van der Waals surface area contributed by atoms with Gasteiger partial charge in [0, 0.05) is 0 Å². The van der Waals surface area contributed by atoms with Gasteiger partial charge in [-0.25, -0.2) is 0 Å². The molecule has 0 radical (unpaired) electrons. The van der Waals surface area contributed by atoms with E-state index in [0.29, 0.717) is 10.6 Å². The quantitative estimate of drug-likeness (QED) is 0.266. The zero-order chi connectivity index (χ0) is 20.9. The van der Waals surface area contributed by atoms with Crippen LogP contribution in [0.15, 0.2) is 121 Å². The van der Waals surface area contributed by atoms with Gasteiger partial charge in [0.2, 0.25) is 0 Å². The first kappa shape index (κ1) is 20.5. The van der Waals surface area contributed by atoms with E-state index >= 15 is 0 Å². The topological polar surface area (TPSA) is 26.3 Å². The van der Waals surface area contributed by atoms with E-state index < -0.39 is 6.83 Å². The molecule has 4 rings (SSSR count). The molecule has 0 spiro atoms. The average molecular weight is 477 g/mol. The third-order valence-electron chi connectivity index (χ3n) is 5.43. The molecule has 0 saturated carbocycles. The molecule has 0 aliphatic heterocycles. The second kappa shape index (κ2) is 8.55. The number of alkyl halides is 1. The predicted molar refractivity (Wildman–Crippen MR) is 131 cm³/mol. The average Bonchev–Trinajstić information content (AvgIpc) is 2.85. The number of carbonyl (C=O) groups excluding carboxylic acids is 1. The van der Waals surface area contributed by atoms with Crippen molar-refractivity contribution in [2.45, 2.75) is 0 Å². The number of rotatable bonds is 6. The Morgan fingerprint density at radius 1 is 0.600 bits per heavy atom. The van der Waals surface area contributed by atoms with Gasteiger partial charge in [0.05, 0.1) is 0 Å². The number of hydrogen-bond donors (Lipinski definition) is 0. The summed E-state index contributed by atoms with van der Waals surface area (Å²) in [5.74, 6) is -0.329. The van der Waals surface area contributed by atoms with Crippen molar-refractivity contribution >= 4 is 44.6 Å². The molecule has 150 valence electrons. The van der Waals surface area contributed by atoms with E-state index in [1.807, 2.05) is 72.8 Å². The van der Waals surface area contributed by atoms with Crippen LogP contribution in [0.2, 0.25) is 0 Å². The van der Waals surface area contributed by atoms with Gasteiger partial charge in [-0.05, 0) is 0 Å². The summed E-state index contributed by atoms with van der Waals surface area (Å²) in [7, 11) is 0. The van der Waals surface area contributed by atoms with Crippen LogP contribution in [0.1, 0.15) is 10.4 Å². The SMILES string of the molecule is O=C(OP(CBr)(c1ccccc1)(c1ccccc1)c1ccccc1)c1ccccc1. The first-order valence-electron chi connectivity index (χ1n) is 9.74. The van der Waals surface area contributed by atoms with E-state index in [2.05, 4.69) is 52.3 Å². The number of carbonyl (C=O) groups is 1. The molecule has 4 aromatic carbocycles. The molecule has 0 N–H and O–H groups in total. The van der Waals surface area contributed by atoms with E-state index in [0.717, 1.165) is 15.9 Å². The fourth-order valence-electron chi connectivity index (χ4n) is 3.88. The zero-order valence-electron chi connectivity index (χ0n) is 16.4. The monoisotopic (exact) mass is 476 g/mol. The van der Waals surface area contributed by atoms with Crippen LogP contribution in [0.25, 0.3) is 0 Å². The van der Waals surface area contributed by atoms with Gasteiger partial charge in [0.1, 0.15) is 0 Å². The Kier molecular flexibility index (Phi) is 5.85. The fraction of sp³-hybridized carbons (Fsp3) is 0.0385. The summed E-state index contributed by atoms with van der Waals surface area (Å²) in [6, 6.07) is 39.6. The Bertz CT molecular complexity index is 1020. The van der Waals surface area contributed by atoms with Crippen LogP contribution >= 0.6 is 22.8 Å². The minimum absolute atomic E-state index is 0.329. The van der Waals surface area contributed by atoms with Gasteiger partial charge >= 0.3 is 186 Å². The normalized spacial score (nSPS) is 12.5. The van der Waals surface area contributed by atoms with Crippen molar-refractivity contribution in [2.75, 3.05) is 5.07 Å². The predicted octanol–water partition coefficient (Wildman–Crippen LogP) is 5.64. The third kappa shape index (κ3) is 3.29. The van der Waals surface area contributed by atoms with Crippen LogP contribution < -0.4 is 15.9 Å². The van der Waals surface area contributed by atoms with Gasteiger partial charge in [-0.1, -0.05) is 0 Å². The van der Waals surface area contributed by atoms with E-state index in [4.69, 9.17) is 4.52 Å². The van der Waals surface area contributed by atoms with Gasteiger partial charge in [-0.2, -0.15) is 0 Å². The van der Waals surface area contributed by atoms with Crippen molar-refractivity contribution in [2.24, 2.45) is 0 Å². The van der Waals surface area contributed by atoms with Crippen molar-refractivity contribution in [1.29, 1.82) is 0 Å². The zero-order valence-corrected chi connectivity index (χ0v) is 18.9. The van der Waals surface area contributed by atoms with Crippen LogP contribution in [-0.4, -0.2) is 11.0 Å². The summed E-state index contributed by atoms with van der Waals surface area (Å²) >= 11 is 3.82. The Morgan fingerprint density at radius 3 is 1.27 bits per heavy atom. The summed E-state index contributed by atoms with van der Waals surface area (Å²) < 4.78 is 6.76. The van der Waals surface area contributed by atoms with Crippen molar-refractivity contribution in [3.05, 3.63) is 127 Å². The Labute approximate surface area is 185 Å². The van der Waals surface area contributed by atoms with Crippen LogP contribution in [-0.2, 0) is 4.52 Å². The van der Waals surface area contributed by atoms with E-state index in [1.165, 1.54) is 0 Å². The van der Waals surface area contributed by atoms with Crippen molar-refractivity contribution in [1.82, 2.24) is 0 Å². The molecule has 0 aliphatic rings. The number of halogens is 1. The molecule has 0 bridgehead atoms. The number of benzene rings is 4. The summed E-state index contributed by atoms with van der Waals surface area (Å²) in [6.07, 6.45) is 0. The van der Waals surface area contributed by atoms with Crippen molar-refractivity contribution in [3.8, 4) is 0 Å². The second-order valence-electron chi connectivity index (χ2n) is 7.08. The van der Waals surface area contributed by atoms with Crippen LogP contribution in [0, 0.1) is 0 Å². The first-order valence-corrected chi connectivity index (χ1v) is 13.2. The molecule has 0 aliphatic carbocycles. The van der Waals surface area contributed by atoms with Crippen molar-refractivity contribution < 1.29 is 9.32 Å². The van der Waals surface area contributed by atoms with Crippen LogP contribution in [0.3, 0.4) is 0 Å². The maximum absolute atomic E-state index is 13.5. The molecule has 4 aromatic rings. The van der Waals surface area contributed by atoms with Gasteiger partial charge < -0.3 is 0 Å². The van der Waals surface area contributed by atoms with E-state index in [-0.39, 0.29) is 5.97 Å². The molecule has 0 atom stereocenters. The van der Waals surface area contributed by atoms with Crippen molar-refractivity contribution in [3.63, 3.8) is 0 Å². The molecule has 0 amide bonds. The molecular weight excluding hydrogens is 455 g/mol. The summed E-state index contributed by atoms with van der Waals surface area (Å²) in [4.78, 5) is 13.5. The molecule has 0 aromatic heterocycles. The summed E-state index contributed by atoms with van der Waals surface area (Å²) in [5.41, 5.74) is 0.537. The molecule has 0 heterocycles. The third-order valence-corrected chi connectivity index (χ3v) is 13.5. The van der Waals surface area contributed by atoms with E-state index in [1.54, 1.807) is 12.1 Å². The van der Waals surface area contributed by atoms with Gasteiger partial charge in [0.15, 0.2) is 0 Å². The molecule has 0 fully saturated rings. The van der Waals surface area contributed by atoms with E-state index in [9.17, 15) is 4.79 Å². The Balaban J connectivity index is 2.08. The molecule has 30 heavy (non-hydrogen) atoms. The minimum atomic E-state index is -3.64. The number of hydrogen-bond acceptors (Lipinski definition) is 2. The van der Waals surface area contributed by atoms with Crippen LogP contribution in [0.4, 0.5) is 0 Å². The molecule has 0 unspecified atom stereocenters. The Hall–Kier alpha value is -2.74. The summed E-state index contributed by atoms with van der Waals surface area (Å²) in [5, 5.41) is 3.49. The Morgan fingerprint density at radius 2 is 0.933 bits per heavy atom. The summed E-state index contributed by atoms with van der Waals surface area (Å²) in [6.45, 7) is -3.64. The standard InChI is InChI=1S/C26H22BrO2P/c27-21-30(23-15-7-2-8-16-23,24-17-9-3-10-18-24,25-19-11-4-12-20-25)29-26(28)22-13-5-1-6-14-22/h1-20H,21H2. The van der Waals surface area contributed by atoms with Gasteiger partial charge in [-0.15, -0.1) is 0 Å². The molecular formula is C26H22BrO2P. The molecule has 4 heteroatoms. The fourth-order valence-corrected chi connectivity index (χ4v) is 11.3. The molecule has 0 saturated heterocycles. The first-order chi connectivity index (χ1) is 14.7. The van der Waals surface area contributed by atoms with Crippen LogP contribution in [0.5, 0.6) is 0 Å². The molecule has 2 nitrogen and oxygen atoms in total.